The molecule has 0 radical (unpaired) electrons. The molecule has 156 valence electrons. The number of benzene rings is 1. The van der Waals surface area contributed by atoms with E-state index >= 15 is 0 Å². The molecule has 9 heteroatoms. The SMILES string of the molecule is COc1ccccc1NC(=O)[C@@H](C)[NH+]1CCN(c2ccc(C(F)(F)F)c[nH+]2)CC1. The number of para-hydroxylation sites is 2. The second kappa shape index (κ2) is 8.69. The van der Waals surface area contributed by atoms with Crippen LogP contribution in [0.2, 0.25) is 0 Å². The number of nitrogens with zero attached hydrogens (tertiary/aromatic N) is 1. The molecule has 1 saturated heterocycles. The molecule has 1 atom stereocenters. The highest BCUT2D eigenvalue weighted by Gasteiger charge is 2.35. The molecular formula is C20H25F3N4O2+2. The van der Waals surface area contributed by atoms with Crippen molar-refractivity contribution >= 4 is 17.4 Å². The van der Waals surface area contributed by atoms with E-state index in [0.717, 1.165) is 17.2 Å². The van der Waals surface area contributed by atoms with Crippen LogP contribution in [0.3, 0.4) is 0 Å². The van der Waals surface area contributed by atoms with E-state index in [0.29, 0.717) is 43.4 Å². The number of nitrogens with one attached hydrogen (secondary N) is 3. The minimum atomic E-state index is -4.36. The van der Waals surface area contributed by atoms with Crippen LogP contribution in [-0.4, -0.2) is 45.2 Å². The van der Waals surface area contributed by atoms with Crippen molar-refractivity contribution in [2.45, 2.75) is 19.1 Å². The Morgan fingerprint density at radius 1 is 1.21 bits per heavy atom. The fourth-order valence-corrected chi connectivity index (χ4v) is 3.43. The first-order valence-corrected chi connectivity index (χ1v) is 9.42. The number of piperazine rings is 1. The first-order valence-electron chi connectivity index (χ1n) is 9.42. The average molecular weight is 410 g/mol. The zero-order valence-corrected chi connectivity index (χ0v) is 16.3. The van der Waals surface area contributed by atoms with Gasteiger partial charge in [-0.3, -0.25) is 9.69 Å². The summed E-state index contributed by atoms with van der Waals surface area (Å²) in [5.41, 5.74) is -0.0728. The van der Waals surface area contributed by atoms with Gasteiger partial charge in [0.1, 0.15) is 38.1 Å². The number of carbonyl (C=O) groups excluding carboxylic acids is 1. The second-order valence-electron chi connectivity index (χ2n) is 7.02. The van der Waals surface area contributed by atoms with Gasteiger partial charge in [-0.25, -0.2) is 4.98 Å². The number of aromatic nitrogens is 1. The van der Waals surface area contributed by atoms with E-state index in [1.54, 1.807) is 19.2 Å². The Balaban J connectivity index is 1.56. The largest absolute Gasteiger partial charge is 0.495 e. The Bertz CT molecular complexity index is 834. The van der Waals surface area contributed by atoms with Gasteiger partial charge in [-0.05, 0) is 25.1 Å². The maximum Gasteiger partial charge on any atom is 0.419 e. The molecule has 2 aromatic rings. The molecule has 1 amide bonds. The molecule has 1 aliphatic heterocycles. The highest BCUT2D eigenvalue weighted by molar-refractivity contribution is 5.94. The summed E-state index contributed by atoms with van der Waals surface area (Å²) in [6.07, 6.45) is -3.38. The number of rotatable bonds is 5. The van der Waals surface area contributed by atoms with E-state index in [4.69, 9.17) is 4.74 Å². The van der Waals surface area contributed by atoms with E-state index in [2.05, 4.69) is 10.3 Å². The van der Waals surface area contributed by atoms with E-state index in [1.165, 1.54) is 6.07 Å². The molecule has 29 heavy (non-hydrogen) atoms. The topological polar surface area (TPSA) is 60.1 Å². The van der Waals surface area contributed by atoms with E-state index in [9.17, 15) is 18.0 Å². The van der Waals surface area contributed by atoms with Gasteiger partial charge in [0.2, 0.25) is 0 Å². The number of hydrogen-bond donors (Lipinski definition) is 2. The van der Waals surface area contributed by atoms with Crippen molar-refractivity contribution in [3.05, 3.63) is 48.2 Å². The van der Waals surface area contributed by atoms with Gasteiger partial charge in [0.05, 0.1) is 18.4 Å². The lowest BCUT2D eigenvalue weighted by Gasteiger charge is -2.31. The number of quaternary nitrogens is 1. The van der Waals surface area contributed by atoms with Crippen LogP contribution < -0.4 is 24.8 Å². The molecule has 3 rings (SSSR count). The predicted octanol–water partition coefficient (Wildman–Crippen LogP) is 1.26. The number of carbonyl (C=O) groups is 1. The van der Waals surface area contributed by atoms with Crippen molar-refractivity contribution in [2.75, 3.05) is 43.5 Å². The van der Waals surface area contributed by atoms with Crippen LogP contribution in [0.5, 0.6) is 5.75 Å². The van der Waals surface area contributed by atoms with Gasteiger partial charge >= 0.3 is 6.18 Å². The smallest absolute Gasteiger partial charge is 0.419 e. The van der Waals surface area contributed by atoms with Crippen molar-refractivity contribution in [1.82, 2.24) is 0 Å². The van der Waals surface area contributed by atoms with Gasteiger partial charge in [0.25, 0.3) is 11.7 Å². The summed E-state index contributed by atoms with van der Waals surface area (Å²) in [7, 11) is 1.55. The molecule has 2 heterocycles. The van der Waals surface area contributed by atoms with Crippen LogP contribution >= 0.6 is 0 Å². The molecular weight excluding hydrogens is 385 g/mol. The number of methoxy groups -OCH3 is 1. The van der Waals surface area contributed by atoms with Gasteiger partial charge in [-0.15, -0.1) is 0 Å². The first kappa shape index (κ1) is 20.9. The van der Waals surface area contributed by atoms with Gasteiger partial charge in [-0.2, -0.15) is 13.2 Å². The maximum atomic E-state index is 12.7. The first-order chi connectivity index (χ1) is 13.8. The molecule has 1 aromatic carbocycles. The molecule has 1 aromatic heterocycles. The summed E-state index contributed by atoms with van der Waals surface area (Å²) in [5.74, 6) is 1.15. The third kappa shape index (κ3) is 4.97. The number of amides is 1. The van der Waals surface area contributed by atoms with Gasteiger partial charge < -0.3 is 15.0 Å². The highest BCUT2D eigenvalue weighted by Crippen LogP contribution is 2.28. The molecule has 6 nitrogen and oxygen atoms in total. The number of alkyl halides is 3. The molecule has 1 fully saturated rings. The highest BCUT2D eigenvalue weighted by atomic mass is 19.4. The van der Waals surface area contributed by atoms with Gasteiger partial charge in [0.15, 0.2) is 6.04 Å². The Kier molecular flexibility index (Phi) is 6.26. The molecule has 0 saturated carbocycles. The summed E-state index contributed by atoms with van der Waals surface area (Å²) in [5, 5.41) is 2.91. The molecule has 3 N–H and O–H groups in total. The van der Waals surface area contributed by atoms with Crippen LogP contribution in [-0.2, 0) is 11.0 Å². The normalized spacial score (nSPS) is 16.4. The Morgan fingerprint density at radius 2 is 1.90 bits per heavy atom. The van der Waals surface area contributed by atoms with Crippen LogP contribution in [0.4, 0.5) is 24.7 Å². The number of H-pyrrole nitrogens is 1. The molecule has 0 bridgehead atoms. The van der Waals surface area contributed by atoms with Gasteiger partial charge in [0, 0.05) is 6.07 Å². The lowest BCUT2D eigenvalue weighted by Crippen LogP contribution is -3.19. The minimum Gasteiger partial charge on any atom is -0.495 e. The lowest BCUT2D eigenvalue weighted by atomic mass is 10.2. The third-order valence-electron chi connectivity index (χ3n) is 5.24. The van der Waals surface area contributed by atoms with Crippen molar-refractivity contribution in [1.29, 1.82) is 0 Å². The van der Waals surface area contributed by atoms with Crippen molar-refractivity contribution in [3.8, 4) is 5.75 Å². The Morgan fingerprint density at radius 3 is 2.48 bits per heavy atom. The summed E-state index contributed by atoms with van der Waals surface area (Å²) >= 11 is 0. The number of aromatic amines is 1. The molecule has 0 aliphatic carbocycles. The third-order valence-corrected chi connectivity index (χ3v) is 5.24. The number of pyridine rings is 1. The van der Waals surface area contributed by atoms with Crippen molar-refractivity contribution in [2.24, 2.45) is 0 Å². The minimum absolute atomic E-state index is 0.0981. The number of anilines is 2. The van der Waals surface area contributed by atoms with Crippen molar-refractivity contribution in [3.63, 3.8) is 0 Å². The quantitative estimate of drug-likeness (QED) is 0.781. The standard InChI is InChI=1S/C20H23F3N4O2/c1-14(19(28)25-16-5-3-4-6-17(16)29-2)26-9-11-27(12-10-26)18-8-7-15(13-24-18)20(21,22)23/h3-8,13-14H,9-12H2,1-2H3,(H,25,28)/p+2/t14-/m1/s1. The van der Waals surface area contributed by atoms with E-state index in [1.807, 2.05) is 24.0 Å². The van der Waals surface area contributed by atoms with E-state index in [-0.39, 0.29) is 11.9 Å². The number of hydrogen-bond acceptors (Lipinski definition) is 3. The predicted molar refractivity (Wildman–Crippen MR) is 102 cm³/mol. The number of ether oxygens (including phenoxy) is 1. The van der Waals surface area contributed by atoms with E-state index < -0.39 is 11.7 Å². The monoisotopic (exact) mass is 410 g/mol. The fourth-order valence-electron chi connectivity index (χ4n) is 3.43. The lowest BCUT2D eigenvalue weighted by molar-refractivity contribution is -0.914. The zero-order chi connectivity index (χ0) is 21.0. The summed E-state index contributed by atoms with van der Waals surface area (Å²) < 4.78 is 43.4. The summed E-state index contributed by atoms with van der Waals surface area (Å²) in [4.78, 5) is 18.5. The maximum absolute atomic E-state index is 12.7. The Labute approximate surface area is 167 Å². The van der Waals surface area contributed by atoms with Crippen LogP contribution in [0, 0.1) is 0 Å². The molecule has 0 spiro atoms. The average Bonchev–Trinajstić information content (AvgIpc) is 2.73. The van der Waals surface area contributed by atoms with Crippen LogP contribution in [0.15, 0.2) is 42.6 Å². The van der Waals surface area contributed by atoms with Crippen molar-refractivity contribution < 1.29 is 32.6 Å². The fraction of sp³-hybridized carbons (Fsp3) is 0.400. The second-order valence-corrected chi connectivity index (χ2v) is 7.02. The van der Waals surface area contributed by atoms with Crippen LogP contribution in [0.25, 0.3) is 0 Å². The zero-order valence-electron chi connectivity index (χ0n) is 16.3. The Hall–Kier alpha value is -2.81. The molecule has 0 unspecified atom stereocenters. The van der Waals surface area contributed by atoms with Gasteiger partial charge in [-0.1, -0.05) is 12.1 Å². The summed E-state index contributed by atoms with van der Waals surface area (Å²) in [6, 6.07) is 9.50. The summed E-state index contributed by atoms with van der Waals surface area (Å²) in [6.45, 7) is 4.57. The molecule has 1 aliphatic rings. The van der Waals surface area contributed by atoms with Crippen LogP contribution in [0.1, 0.15) is 12.5 Å². The number of halogens is 3.